The van der Waals surface area contributed by atoms with Crippen molar-refractivity contribution in [3.63, 3.8) is 0 Å². The second kappa shape index (κ2) is 7.04. The number of aliphatic carboxylic acids is 1. The molecule has 0 radical (unpaired) electrons. The summed E-state index contributed by atoms with van der Waals surface area (Å²) in [6, 6.07) is 10.5. The van der Waals surface area contributed by atoms with E-state index >= 15 is 0 Å². The number of carboxylic acids is 1. The Labute approximate surface area is 142 Å². The van der Waals surface area contributed by atoms with Gasteiger partial charge in [-0.1, -0.05) is 6.92 Å². The van der Waals surface area contributed by atoms with Gasteiger partial charge >= 0.3 is 12.1 Å². The van der Waals surface area contributed by atoms with Crippen LogP contribution in [0.15, 0.2) is 48.5 Å². The summed E-state index contributed by atoms with van der Waals surface area (Å²) in [5, 5.41) is 9.19. The van der Waals surface area contributed by atoms with Crippen molar-refractivity contribution in [1.82, 2.24) is 0 Å². The first kappa shape index (κ1) is 18.6. The van der Waals surface area contributed by atoms with Gasteiger partial charge in [-0.3, -0.25) is 0 Å². The summed E-state index contributed by atoms with van der Waals surface area (Å²) in [4.78, 5) is 11.2. The number of carboxylic acid groups (broad SMARTS) is 1. The molecule has 2 aromatic carbocycles. The third-order valence-corrected chi connectivity index (χ3v) is 3.71. The fourth-order valence-corrected chi connectivity index (χ4v) is 1.95. The molecule has 0 aliphatic carbocycles. The molecule has 1 unspecified atom stereocenters. The van der Waals surface area contributed by atoms with Crippen molar-refractivity contribution in [2.24, 2.45) is 0 Å². The van der Waals surface area contributed by atoms with Crippen LogP contribution in [0.3, 0.4) is 0 Å². The minimum atomic E-state index is -4.40. The molecule has 4 nitrogen and oxygen atoms in total. The molecule has 1 atom stereocenters. The highest BCUT2D eigenvalue weighted by atomic mass is 19.4. The Morgan fingerprint density at radius 2 is 1.40 bits per heavy atom. The number of halogens is 3. The lowest BCUT2D eigenvalue weighted by molar-refractivity contribution is -0.154. The fraction of sp³-hybridized carbons (Fsp3) is 0.278. The molecule has 0 aliphatic rings. The van der Waals surface area contributed by atoms with E-state index in [1.165, 1.54) is 31.2 Å². The average Bonchev–Trinajstić information content (AvgIpc) is 2.56. The maximum atomic E-state index is 12.5. The molecule has 0 spiro atoms. The van der Waals surface area contributed by atoms with Crippen molar-refractivity contribution >= 4 is 5.97 Å². The van der Waals surface area contributed by atoms with Crippen molar-refractivity contribution in [1.29, 1.82) is 0 Å². The molecule has 0 aromatic heterocycles. The molecular formula is C18H17F3O4. The summed E-state index contributed by atoms with van der Waals surface area (Å²) in [6.45, 7) is 3.18. The van der Waals surface area contributed by atoms with Crippen LogP contribution in [-0.4, -0.2) is 16.7 Å². The maximum Gasteiger partial charge on any atom is 0.416 e. The van der Waals surface area contributed by atoms with E-state index < -0.39 is 23.3 Å². The Morgan fingerprint density at radius 1 is 0.960 bits per heavy atom. The first-order chi connectivity index (χ1) is 11.6. The van der Waals surface area contributed by atoms with Crippen LogP contribution in [0, 0.1) is 0 Å². The van der Waals surface area contributed by atoms with Gasteiger partial charge in [0.1, 0.15) is 17.2 Å². The second-order valence-electron chi connectivity index (χ2n) is 5.59. The molecule has 0 aliphatic heterocycles. The van der Waals surface area contributed by atoms with Crippen LogP contribution >= 0.6 is 0 Å². The molecule has 0 heterocycles. The topological polar surface area (TPSA) is 55.8 Å². The third-order valence-electron chi connectivity index (χ3n) is 3.71. The molecule has 0 saturated carbocycles. The molecule has 2 aromatic rings. The quantitative estimate of drug-likeness (QED) is 0.781. The van der Waals surface area contributed by atoms with Gasteiger partial charge in [0.05, 0.1) is 5.56 Å². The molecule has 1 N–H and O–H groups in total. The smallest absolute Gasteiger partial charge is 0.416 e. The van der Waals surface area contributed by atoms with E-state index in [-0.39, 0.29) is 12.2 Å². The molecule has 25 heavy (non-hydrogen) atoms. The molecule has 0 amide bonds. The normalized spacial score (nSPS) is 13.8. The predicted molar refractivity (Wildman–Crippen MR) is 84.9 cm³/mol. The minimum absolute atomic E-state index is 0.255. The number of carbonyl (C=O) groups is 1. The van der Waals surface area contributed by atoms with Gasteiger partial charge in [0, 0.05) is 0 Å². The summed E-state index contributed by atoms with van der Waals surface area (Å²) >= 11 is 0. The zero-order chi connectivity index (χ0) is 18.7. The Bertz CT molecular complexity index is 723. The zero-order valence-electron chi connectivity index (χ0n) is 13.6. The third kappa shape index (κ3) is 4.65. The molecule has 7 heteroatoms. The van der Waals surface area contributed by atoms with E-state index in [9.17, 15) is 23.1 Å². The average molecular weight is 354 g/mol. The van der Waals surface area contributed by atoms with Crippen LogP contribution in [0.4, 0.5) is 13.2 Å². The molecule has 0 bridgehead atoms. The van der Waals surface area contributed by atoms with Gasteiger partial charge in [0.2, 0.25) is 5.60 Å². The Balaban J connectivity index is 2.07. The van der Waals surface area contributed by atoms with Crippen LogP contribution in [-0.2, 0) is 11.0 Å². The van der Waals surface area contributed by atoms with Crippen molar-refractivity contribution in [3.8, 4) is 17.2 Å². The van der Waals surface area contributed by atoms with E-state index in [1.54, 1.807) is 19.1 Å². The van der Waals surface area contributed by atoms with Gasteiger partial charge in [-0.25, -0.2) is 4.79 Å². The lowest BCUT2D eigenvalue weighted by Gasteiger charge is -2.24. The van der Waals surface area contributed by atoms with Gasteiger partial charge in [0.15, 0.2) is 0 Å². The molecule has 134 valence electrons. The molecule has 0 fully saturated rings. The van der Waals surface area contributed by atoms with Crippen molar-refractivity contribution in [3.05, 3.63) is 54.1 Å². The van der Waals surface area contributed by atoms with Crippen molar-refractivity contribution in [2.75, 3.05) is 0 Å². The summed E-state index contributed by atoms with van der Waals surface area (Å²) < 4.78 is 48.5. The number of hydrogen-bond donors (Lipinski definition) is 1. The van der Waals surface area contributed by atoms with Gasteiger partial charge in [-0.05, 0) is 61.9 Å². The minimum Gasteiger partial charge on any atom is -0.478 e. The molecule has 2 rings (SSSR count). The Kier molecular flexibility index (Phi) is 5.25. The summed E-state index contributed by atoms with van der Waals surface area (Å²) in [5.41, 5.74) is -2.09. The predicted octanol–water partition coefficient (Wildman–Crippen LogP) is 5.13. The van der Waals surface area contributed by atoms with E-state index in [1.807, 2.05) is 0 Å². The second-order valence-corrected chi connectivity index (χ2v) is 5.59. The van der Waals surface area contributed by atoms with E-state index in [0.29, 0.717) is 11.5 Å². The lowest BCUT2D eigenvalue weighted by atomic mass is 10.0. The standard InChI is InChI=1S/C18H17F3O4/c1-3-17(2,16(22)23)25-15-10-8-14(9-11-15)24-13-6-4-12(5-7-13)18(19,20)21/h4-11H,3H2,1-2H3,(H,22,23). The zero-order valence-corrected chi connectivity index (χ0v) is 13.6. The number of rotatable bonds is 6. The van der Waals surface area contributed by atoms with E-state index in [0.717, 1.165) is 12.1 Å². The number of alkyl halides is 3. The monoisotopic (exact) mass is 354 g/mol. The van der Waals surface area contributed by atoms with Crippen molar-refractivity contribution < 1.29 is 32.5 Å². The highest BCUT2D eigenvalue weighted by Gasteiger charge is 2.33. The summed E-state index contributed by atoms with van der Waals surface area (Å²) in [6.07, 6.45) is -4.11. The Morgan fingerprint density at radius 3 is 1.80 bits per heavy atom. The van der Waals surface area contributed by atoms with Gasteiger partial charge in [-0.2, -0.15) is 13.2 Å². The highest BCUT2D eigenvalue weighted by molar-refractivity contribution is 5.77. The van der Waals surface area contributed by atoms with Crippen LogP contribution in [0.25, 0.3) is 0 Å². The molecule has 0 saturated heterocycles. The van der Waals surface area contributed by atoms with Gasteiger partial charge in [0.25, 0.3) is 0 Å². The van der Waals surface area contributed by atoms with Crippen LogP contribution < -0.4 is 9.47 Å². The van der Waals surface area contributed by atoms with Crippen LogP contribution in [0.2, 0.25) is 0 Å². The fourth-order valence-electron chi connectivity index (χ4n) is 1.95. The highest BCUT2D eigenvalue weighted by Crippen LogP contribution is 2.32. The van der Waals surface area contributed by atoms with E-state index in [4.69, 9.17) is 9.47 Å². The SMILES string of the molecule is CCC(C)(Oc1ccc(Oc2ccc(C(F)(F)F)cc2)cc1)C(=O)O. The van der Waals surface area contributed by atoms with Crippen molar-refractivity contribution in [2.45, 2.75) is 32.0 Å². The largest absolute Gasteiger partial charge is 0.478 e. The van der Waals surface area contributed by atoms with Gasteiger partial charge < -0.3 is 14.6 Å². The van der Waals surface area contributed by atoms with Crippen LogP contribution in [0.5, 0.6) is 17.2 Å². The van der Waals surface area contributed by atoms with Gasteiger partial charge in [-0.15, -0.1) is 0 Å². The number of ether oxygens (including phenoxy) is 2. The summed E-state index contributed by atoms with van der Waals surface area (Å²) in [7, 11) is 0. The maximum absolute atomic E-state index is 12.5. The first-order valence-electron chi connectivity index (χ1n) is 7.51. The first-order valence-corrected chi connectivity index (χ1v) is 7.51. The lowest BCUT2D eigenvalue weighted by Crippen LogP contribution is -2.40. The molecular weight excluding hydrogens is 337 g/mol. The summed E-state index contributed by atoms with van der Waals surface area (Å²) in [5.74, 6) is -0.0714. The Hall–Kier alpha value is -2.70. The van der Waals surface area contributed by atoms with Crippen LogP contribution in [0.1, 0.15) is 25.8 Å². The number of hydrogen-bond acceptors (Lipinski definition) is 3. The number of benzene rings is 2. The van der Waals surface area contributed by atoms with E-state index in [2.05, 4.69) is 0 Å².